The Morgan fingerprint density at radius 1 is 1.37 bits per heavy atom. The monoisotopic (exact) mass is 289 g/mol. The van der Waals surface area contributed by atoms with Gasteiger partial charge in [-0.1, -0.05) is 54.3 Å². The van der Waals surface area contributed by atoms with Gasteiger partial charge in [0.15, 0.2) is 0 Å². The summed E-state index contributed by atoms with van der Waals surface area (Å²) in [6, 6.07) is 9.94. The quantitative estimate of drug-likeness (QED) is 0.671. The molecule has 1 fully saturated rings. The van der Waals surface area contributed by atoms with Gasteiger partial charge in [-0.3, -0.25) is 4.79 Å². The van der Waals surface area contributed by atoms with Gasteiger partial charge in [-0.15, -0.1) is 0 Å². The van der Waals surface area contributed by atoms with Gasteiger partial charge in [-0.2, -0.15) is 0 Å². The van der Waals surface area contributed by atoms with Crippen LogP contribution in [-0.2, 0) is 9.53 Å². The third-order valence-corrected chi connectivity index (χ3v) is 4.03. The van der Waals surface area contributed by atoms with E-state index in [1.807, 2.05) is 42.5 Å². The van der Waals surface area contributed by atoms with E-state index in [0.29, 0.717) is 9.23 Å². The zero-order valence-electron chi connectivity index (χ0n) is 9.96. The summed E-state index contributed by atoms with van der Waals surface area (Å²) in [7, 11) is 0. The summed E-state index contributed by atoms with van der Waals surface area (Å²) in [5, 5.41) is 2.60. The fourth-order valence-corrected chi connectivity index (χ4v) is 3.05. The standard InChI is InChI=1S/C14H11NO2S2/c16-13-12(19-14(18)15-13)8-10-6-7-11(17-10)9-4-2-1-3-5-9/h1-5,7-8,10H,6H2,(H,15,16,18)/b12-8-. The smallest absolute Gasteiger partial charge is 0.263 e. The molecule has 0 bridgehead atoms. The van der Waals surface area contributed by atoms with E-state index < -0.39 is 0 Å². The second-order valence-electron chi connectivity index (χ2n) is 4.20. The van der Waals surface area contributed by atoms with Crippen molar-refractivity contribution < 1.29 is 9.53 Å². The molecule has 0 spiro atoms. The van der Waals surface area contributed by atoms with E-state index in [1.54, 1.807) is 0 Å². The number of carbonyl (C=O) groups excluding carboxylic acids is 1. The number of carbonyl (C=O) groups is 1. The molecule has 1 aromatic rings. The summed E-state index contributed by atoms with van der Waals surface area (Å²) in [6.45, 7) is 0. The van der Waals surface area contributed by atoms with Gasteiger partial charge in [-0.05, 0) is 12.2 Å². The largest absolute Gasteiger partial charge is 0.486 e. The lowest BCUT2D eigenvalue weighted by atomic mass is 10.2. The predicted molar refractivity (Wildman–Crippen MR) is 80.3 cm³/mol. The summed E-state index contributed by atoms with van der Waals surface area (Å²) >= 11 is 6.24. The van der Waals surface area contributed by atoms with Crippen molar-refractivity contribution in [3.63, 3.8) is 0 Å². The van der Waals surface area contributed by atoms with Crippen molar-refractivity contribution >= 4 is 40.0 Å². The molecule has 0 radical (unpaired) electrons. The van der Waals surface area contributed by atoms with Crippen LogP contribution in [0.2, 0.25) is 0 Å². The Kier molecular flexibility index (Phi) is 3.40. The maximum Gasteiger partial charge on any atom is 0.263 e. The maximum absolute atomic E-state index is 11.6. The number of amides is 1. The topological polar surface area (TPSA) is 38.3 Å². The lowest BCUT2D eigenvalue weighted by molar-refractivity contribution is -0.115. The minimum atomic E-state index is -0.133. The Labute approximate surface area is 120 Å². The van der Waals surface area contributed by atoms with Gasteiger partial charge in [0, 0.05) is 12.0 Å². The van der Waals surface area contributed by atoms with Gasteiger partial charge in [0.1, 0.15) is 16.2 Å². The van der Waals surface area contributed by atoms with E-state index in [1.165, 1.54) is 11.8 Å². The normalized spacial score (nSPS) is 24.3. The minimum absolute atomic E-state index is 0.0932. The average Bonchev–Trinajstić information content (AvgIpc) is 2.99. The molecule has 1 aromatic carbocycles. The van der Waals surface area contributed by atoms with Crippen LogP contribution in [0.1, 0.15) is 12.0 Å². The van der Waals surface area contributed by atoms with Crippen LogP contribution in [0.3, 0.4) is 0 Å². The summed E-state index contributed by atoms with van der Waals surface area (Å²) in [5.74, 6) is 0.736. The van der Waals surface area contributed by atoms with E-state index in [2.05, 4.69) is 5.32 Å². The molecule has 2 heterocycles. The van der Waals surface area contributed by atoms with E-state index in [9.17, 15) is 4.79 Å². The number of ether oxygens (including phenoxy) is 1. The Balaban J connectivity index is 1.70. The molecule has 1 atom stereocenters. The van der Waals surface area contributed by atoms with Crippen molar-refractivity contribution in [1.82, 2.24) is 5.32 Å². The fourth-order valence-electron chi connectivity index (χ4n) is 1.98. The van der Waals surface area contributed by atoms with Crippen LogP contribution in [-0.4, -0.2) is 16.3 Å². The highest BCUT2D eigenvalue weighted by Crippen LogP contribution is 2.30. The van der Waals surface area contributed by atoms with Crippen LogP contribution < -0.4 is 5.32 Å². The number of hydrogen-bond acceptors (Lipinski definition) is 4. The minimum Gasteiger partial charge on any atom is -0.486 e. The molecule has 96 valence electrons. The van der Waals surface area contributed by atoms with Crippen LogP contribution in [0.5, 0.6) is 0 Å². The highest BCUT2D eigenvalue weighted by Gasteiger charge is 2.25. The molecule has 1 N–H and O–H groups in total. The lowest BCUT2D eigenvalue weighted by Crippen LogP contribution is -2.18. The van der Waals surface area contributed by atoms with E-state index in [-0.39, 0.29) is 12.0 Å². The highest BCUT2D eigenvalue weighted by atomic mass is 32.2. The van der Waals surface area contributed by atoms with Crippen LogP contribution in [0.4, 0.5) is 0 Å². The Morgan fingerprint density at radius 3 is 2.84 bits per heavy atom. The number of hydrogen-bond donors (Lipinski definition) is 1. The molecule has 0 aliphatic carbocycles. The van der Waals surface area contributed by atoms with Crippen molar-refractivity contribution in [3.8, 4) is 0 Å². The van der Waals surface area contributed by atoms with Crippen molar-refractivity contribution in [1.29, 1.82) is 0 Å². The predicted octanol–water partition coefficient (Wildman–Crippen LogP) is 2.85. The number of nitrogens with one attached hydrogen (secondary N) is 1. The summed E-state index contributed by atoms with van der Waals surface area (Å²) in [5.41, 5.74) is 1.06. The third-order valence-electron chi connectivity index (χ3n) is 2.85. The van der Waals surface area contributed by atoms with Gasteiger partial charge >= 0.3 is 0 Å². The first-order chi connectivity index (χ1) is 9.22. The SMILES string of the molecule is O=C1NC(=S)S/C1=C\C1CC=C(c2ccccc2)O1. The Morgan fingerprint density at radius 2 is 2.16 bits per heavy atom. The molecular formula is C14H11NO2S2. The highest BCUT2D eigenvalue weighted by molar-refractivity contribution is 8.26. The van der Waals surface area contributed by atoms with Crippen LogP contribution >= 0.6 is 24.0 Å². The van der Waals surface area contributed by atoms with Crippen LogP contribution in [0, 0.1) is 0 Å². The van der Waals surface area contributed by atoms with Crippen LogP contribution in [0.25, 0.3) is 5.76 Å². The summed E-state index contributed by atoms with van der Waals surface area (Å²) in [4.78, 5) is 12.2. The first-order valence-corrected chi connectivity index (χ1v) is 7.12. The number of rotatable bonds is 2. The molecule has 1 unspecified atom stereocenters. The van der Waals surface area contributed by atoms with Crippen molar-refractivity contribution in [3.05, 3.63) is 53.0 Å². The molecule has 3 rings (SSSR count). The zero-order valence-corrected chi connectivity index (χ0v) is 11.6. The molecule has 5 heteroatoms. The van der Waals surface area contributed by atoms with Gasteiger partial charge in [0.05, 0.1) is 4.91 Å². The molecule has 19 heavy (non-hydrogen) atoms. The Bertz CT molecular complexity index is 593. The molecule has 2 aliphatic heterocycles. The molecule has 1 saturated heterocycles. The van der Waals surface area contributed by atoms with Gasteiger partial charge in [0.2, 0.25) is 0 Å². The second kappa shape index (κ2) is 5.19. The van der Waals surface area contributed by atoms with Crippen molar-refractivity contribution in [2.45, 2.75) is 12.5 Å². The first kappa shape index (κ1) is 12.4. The molecule has 2 aliphatic rings. The second-order valence-corrected chi connectivity index (χ2v) is 5.92. The number of thiocarbonyl (C=S) groups is 1. The Hall–Kier alpha value is -1.59. The number of thioether (sulfide) groups is 1. The van der Waals surface area contributed by atoms with Crippen molar-refractivity contribution in [2.24, 2.45) is 0 Å². The lowest BCUT2D eigenvalue weighted by Gasteiger charge is -2.09. The maximum atomic E-state index is 11.6. The molecular weight excluding hydrogens is 278 g/mol. The zero-order chi connectivity index (χ0) is 13.2. The first-order valence-electron chi connectivity index (χ1n) is 5.89. The third kappa shape index (κ3) is 2.72. The molecule has 0 saturated carbocycles. The fraction of sp³-hybridized carbons (Fsp3) is 0.143. The summed E-state index contributed by atoms with van der Waals surface area (Å²) in [6.07, 6.45) is 4.57. The molecule has 1 amide bonds. The molecule has 3 nitrogen and oxygen atoms in total. The van der Waals surface area contributed by atoms with E-state index >= 15 is 0 Å². The average molecular weight is 289 g/mol. The summed E-state index contributed by atoms with van der Waals surface area (Å²) < 4.78 is 6.35. The van der Waals surface area contributed by atoms with E-state index in [4.69, 9.17) is 17.0 Å². The number of benzene rings is 1. The van der Waals surface area contributed by atoms with Crippen molar-refractivity contribution in [2.75, 3.05) is 0 Å². The van der Waals surface area contributed by atoms with Gasteiger partial charge < -0.3 is 10.1 Å². The van der Waals surface area contributed by atoms with Crippen LogP contribution in [0.15, 0.2) is 47.4 Å². The van der Waals surface area contributed by atoms with Gasteiger partial charge in [-0.25, -0.2) is 0 Å². The van der Waals surface area contributed by atoms with E-state index in [0.717, 1.165) is 17.7 Å². The molecule has 0 aromatic heterocycles. The van der Waals surface area contributed by atoms with Gasteiger partial charge in [0.25, 0.3) is 5.91 Å².